The molecule has 0 saturated carbocycles. The third-order valence-corrected chi connectivity index (χ3v) is 3.05. The van der Waals surface area contributed by atoms with Crippen LogP contribution in [0.5, 0.6) is 0 Å². The molecule has 5 nitrogen and oxygen atoms in total. The second kappa shape index (κ2) is 6.42. The molecule has 0 saturated heterocycles. The van der Waals surface area contributed by atoms with Crippen LogP contribution in [0.25, 0.3) is 0 Å². The van der Waals surface area contributed by atoms with Crippen molar-refractivity contribution < 1.29 is 0 Å². The van der Waals surface area contributed by atoms with Crippen molar-refractivity contribution in [3.8, 4) is 6.07 Å². The Hall–Kier alpha value is -2.32. The molecule has 0 fully saturated rings. The van der Waals surface area contributed by atoms with Crippen molar-refractivity contribution in [1.29, 1.82) is 5.26 Å². The number of hydrogen-bond acceptors (Lipinski definition) is 5. The molecule has 1 aromatic heterocycles. The molecule has 6 heteroatoms. The predicted octanol–water partition coefficient (Wildman–Crippen LogP) is 3.87. The Morgan fingerprint density at radius 1 is 1.33 bits per heavy atom. The highest BCUT2D eigenvalue weighted by Crippen LogP contribution is 2.24. The third kappa shape index (κ3) is 3.83. The first-order chi connectivity index (χ1) is 9.99. The maximum absolute atomic E-state index is 8.88. The Labute approximate surface area is 129 Å². The standard InChI is InChI=1S/C15H16ClN5/c1-9(2)19-15-18-8-10(3)14(21-15)20-12-5-4-11(7-17)13(16)6-12/h4-6,8-9H,1-3H3,(H2,18,19,20,21). The molecule has 108 valence electrons. The highest BCUT2D eigenvalue weighted by Gasteiger charge is 2.07. The van der Waals surface area contributed by atoms with Crippen LogP contribution < -0.4 is 10.6 Å². The number of nitrogens with zero attached hydrogens (tertiary/aromatic N) is 3. The molecule has 0 aliphatic heterocycles. The molecule has 0 amide bonds. The van der Waals surface area contributed by atoms with Gasteiger partial charge in [0.25, 0.3) is 0 Å². The van der Waals surface area contributed by atoms with Crippen LogP contribution in [0.2, 0.25) is 5.02 Å². The lowest BCUT2D eigenvalue weighted by Crippen LogP contribution is -2.13. The van der Waals surface area contributed by atoms with Crippen molar-refractivity contribution in [1.82, 2.24) is 9.97 Å². The summed E-state index contributed by atoms with van der Waals surface area (Å²) in [5.74, 6) is 1.27. The highest BCUT2D eigenvalue weighted by molar-refractivity contribution is 6.32. The minimum Gasteiger partial charge on any atom is -0.352 e. The van der Waals surface area contributed by atoms with Gasteiger partial charge >= 0.3 is 0 Å². The van der Waals surface area contributed by atoms with Crippen LogP contribution in [0.15, 0.2) is 24.4 Å². The van der Waals surface area contributed by atoms with Gasteiger partial charge in [-0.2, -0.15) is 10.2 Å². The maximum Gasteiger partial charge on any atom is 0.224 e. The average Bonchev–Trinajstić information content (AvgIpc) is 2.42. The molecular weight excluding hydrogens is 286 g/mol. The number of anilines is 3. The van der Waals surface area contributed by atoms with Gasteiger partial charge in [0.15, 0.2) is 0 Å². The molecule has 0 atom stereocenters. The quantitative estimate of drug-likeness (QED) is 0.896. The number of aryl methyl sites for hydroxylation is 1. The van der Waals surface area contributed by atoms with E-state index in [1.54, 1.807) is 24.4 Å². The first-order valence-corrected chi connectivity index (χ1v) is 6.94. The molecule has 21 heavy (non-hydrogen) atoms. The molecule has 0 aliphatic rings. The van der Waals surface area contributed by atoms with Gasteiger partial charge in [0, 0.05) is 23.5 Å². The molecule has 0 aliphatic carbocycles. The lowest BCUT2D eigenvalue weighted by atomic mass is 10.2. The van der Waals surface area contributed by atoms with Crippen LogP contribution in [-0.2, 0) is 0 Å². The number of rotatable bonds is 4. The van der Waals surface area contributed by atoms with Gasteiger partial charge in [0.05, 0.1) is 10.6 Å². The fourth-order valence-corrected chi connectivity index (χ4v) is 1.94. The third-order valence-electron chi connectivity index (χ3n) is 2.74. The lowest BCUT2D eigenvalue weighted by molar-refractivity contribution is 0.873. The zero-order valence-electron chi connectivity index (χ0n) is 12.1. The van der Waals surface area contributed by atoms with E-state index in [0.29, 0.717) is 22.4 Å². The predicted molar refractivity (Wildman–Crippen MR) is 85.0 cm³/mol. The van der Waals surface area contributed by atoms with Crippen molar-refractivity contribution in [2.24, 2.45) is 0 Å². The van der Waals surface area contributed by atoms with E-state index in [1.165, 1.54) is 0 Å². The summed E-state index contributed by atoms with van der Waals surface area (Å²) in [5.41, 5.74) is 2.14. The molecule has 0 spiro atoms. The normalized spacial score (nSPS) is 10.3. The first kappa shape index (κ1) is 15.1. The van der Waals surface area contributed by atoms with Crippen molar-refractivity contribution in [3.63, 3.8) is 0 Å². The average molecular weight is 302 g/mol. The largest absolute Gasteiger partial charge is 0.352 e. The molecule has 2 aromatic rings. The molecule has 0 unspecified atom stereocenters. The van der Waals surface area contributed by atoms with Crippen LogP contribution >= 0.6 is 11.6 Å². The zero-order valence-corrected chi connectivity index (χ0v) is 12.9. The van der Waals surface area contributed by atoms with E-state index >= 15 is 0 Å². The van der Waals surface area contributed by atoms with Gasteiger partial charge in [0.1, 0.15) is 11.9 Å². The SMILES string of the molecule is Cc1cnc(NC(C)C)nc1Nc1ccc(C#N)c(Cl)c1. The summed E-state index contributed by atoms with van der Waals surface area (Å²) in [6.45, 7) is 5.97. The molecule has 1 heterocycles. The van der Waals surface area contributed by atoms with Gasteiger partial charge in [-0.25, -0.2) is 4.98 Å². The van der Waals surface area contributed by atoms with Gasteiger partial charge in [-0.15, -0.1) is 0 Å². The van der Waals surface area contributed by atoms with E-state index in [9.17, 15) is 0 Å². The Morgan fingerprint density at radius 2 is 2.10 bits per heavy atom. The fraction of sp³-hybridized carbons (Fsp3) is 0.267. The number of nitriles is 1. The number of halogens is 1. The second-order valence-electron chi connectivity index (χ2n) is 4.96. The van der Waals surface area contributed by atoms with Gasteiger partial charge in [-0.05, 0) is 39.0 Å². The number of nitrogens with one attached hydrogen (secondary N) is 2. The van der Waals surface area contributed by atoms with Crippen LogP contribution in [0, 0.1) is 18.3 Å². The van der Waals surface area contributed by atoms with Crippen molar-refractivity contribution >= 4 is 29.1 Å². The van der Waals surface area contributed by atoms with Crippen molar-refractivity contribution in [2.45, 2.75) is 26.8 Å². The number of hydrogen-bond donors (Lipinski definition) is 2. The van der Waals surface area contributed by atoms with Crippen LogP contribution in [0.1, 0.15) is 25.0 Å². The Kier molecular flexibility index (Phi) is 4.61. The first-order valence-electron chi connectivity index (χ1n) is 6.56. The topological polar surface area (TPSA) is 73.6 Å². The molecule has 0 bridgehead atoms. The summed E-state index contributed by atoms with van der Waals surface area (Å²) >= 11 is 6.03. The summed E-state index contributed by atoms with van der Waals surface area (Å²) < 4.78 is 0. The monoisotopic (exact) mass is 301 g/mol. The minimum atomic E-state index is 0.255. The molecular formula is C15H16ClN5. The zero-order chi connectivity index (χ0) is 15.4. The molecule has 2 rings (SSSR count). The number of aromatic nitrogens is 2. The molecule has 2 N–H and O–H groups in total. The van der Waals surface area contributed by atoms with Crippen molar-refractivity contribution in [2.75, 3.05) is 10.6 Å². The van der Waals surface area contributed by atoms with E-state index in [2.05, 4.69) is 20.6 Å². The fourth-order valence-electron chi connectivity index (χ4n) is 1.72. The second-order valence-corrected chi connectivity index (χ2v) is 5.36. The number of benzene rings is 1. The van der Waals surface area contributed by atoms with Crippen molar-refractivity contribution in [3.05, 3.63) is 40.5 Å². The van der Waals surface area contributed by atoms with E-state index in [0.717, 1.165) is 11.3 Å². The van der Waals surface area contributed by atoms with Gasteiger partial charge in [0.2, 0.25) is 5.95 Å². The van der Waals surface area contributed by atoms with Crippen LogP contribution in [0.3, 0.4) is 0 Å². The summed E-state index contributed by atoms with van der Waals surface area (Å²) in [5, 5.41) is 15.6. The van der Waals surface area contributed by atoms with Gasteiger partial charge < -0.3 is 10.6 Å². The Bertz CT molecular complexity index is 691. The highest BCUT2D eigenvalue weighted by atomic mass is 35.5. The van der Waals surface area contributed by atoms with Crippen LogP contribution in [0.4, 0.5) is 17.5 Å². The maximum atomic E-state index is 8.88. The van der Waals surface area contributed by atoms with E-state index < -0.39 is 0 Å². The lowest BCUT2D eigenvalue weighted by Gasteiger charge is -2.12. The summed E-state index contributed by atoms with van der Waals surface area (Å²) in [6, 6.07) is 7.46. The minimum absolute atomic E-state index is 0.255. The molecule has 0 radical (unpaired) electrons. The van der Waals surface area contributed by atoms with Crippen LogP contribution in [-0.4, -0.2) is 16.0 Å². The molecule has 1 aromatic carbocycles. The summed E-state index contributed by atoms with van der Waals surface area (Å²) in [4.78, 5) is 8.67. The van der Waals surface area contributed by atoms with E-state index in [4.69, 9.17) is 16.9 Å². The summed E-state index contributed by atoms with van der Waals surface area (Å²) in [7, 11) is 0. The van der Waals surface area contributed by atoms with Gasteiger partial charge in [-0.3, -0.25) is 0 Å². The Balaban J connectivity index is 2.26. The summed E-state index contributed by atoms with van der Waals surface area (Å²) in [6.07, 6.45) is 1.76. The Morgan fingerprint density at radius 3 is 2.71 bits per heavy atom. The van der Waals surface area contributed by atoms with E-state index in [-0.39, 0.29) is 6.04 Å². The smallest absolute Gasteiger partial charge is 0.224 e. The van der Waals surface area contributed by atoms with E-state index in [1.807, 2.05) is 26.8 Å². The van der Waals surface area contributed by atoms with Gasteiger partial charge in [-0.1, -0.05) is 11.6 Å².